The van der Waals surface area contributed by atoms with Gasteiger partial charge < -0.3 is 10.2 Å². The first-order valence-corrected chi connectivity index (χ1v) is 5.39. The van der Waals surface area contributed by atoms with E-state index in [2.05, 4.69) is 4.98 Å². The van der Waals surface area contributed by atoms with E-state index in [1.54, 1.807) is 5.51 Å². The summed E-state index contributed by atoms with van der Waals surface area (Å²) < 4.78 is 0. The minimum Gasteiger partial charge on any atom is -0.481 e. The molecule has 0 aromatic carbocycles. The van der Waals surface area contributed by atoms with Crippen LogP contribution >= 0.6 is 11.3 Å². The van der Waals surface area contributed by atoms with Crippen LogP contribution in [0.15, 0.2) is 5.51 Å². The average Bonchev–Trinajstić information content (AvgIpc) is 2.82. The van der Waals surface area contributed by atoms with E-state index in [9.17, 15) is 9.90 Å². The van der Waals surface area contributed by atoms with E-state index < -0.39 is 12.1 Å². The molecule has 0 bridgehead atoms. The van der Waals surface area contributed by atoms with Crippen molar-refractivity contribution in [3.8, 4) is 0 Å². The topological polar surface area (TPSA) is 70.4 Å². The van der Waals surface area contributed by atoms with Gasteiger partial charge in [0, 0.05) is 5.92 Å². The summed E-state index contributed by atoms with van der Waals surface area (Å²) in [4.78, 5) is 15.3. The summed E-state index contributed by atoms with van der Waals surface area (Å²) in [6.45, 7) is 0. The van der Waals surface area contributed by atoms with Gasteiger partial charge in [-0.25, -0.2) is 4.98 Å². The van der Waals surface area contributed by atoms with Crippen LogP contribution in [-0.2, 0) is 4.79 Å². The van der Waals surface area contributed by atoms with Crippen molar-refractivity contribution in [2.24, 2.45) is 0 Å². The molecule has 1 aliphatic carbocycles. The summed E-state index contributed by atoms with van der Waals surface area (Å²) in [5, 5.41) is 18.2. The number of nitrogens with zero attached hydrogens (tertiary/aromatic N) is 1. The van der Waals surface area contributed by atoms with Gasteiger partial charge in [-0.3, -0.25) is 4.79 Å². The van der Waals surface area contributed by atoms with Crippen LogP contribution in [0.4, 0.5) is 0 Å². The third-order valence-electron chi connectivity index (χ3n) is 2.26. The van der Waals surface area contributed by atoms with Gasteiger partial charge in [-0.15, -0.1) is 11.3 Å². The van der Waals surface area contributed by atoms with Crippen LogP contribution in [0.3, 0.4) is 0 Å². The molecule has 76 valence electrons. The summed E-state index contributed by atoms with van der Waals surface area (Å²) >= 11 is 1.34. The number of carboxylic acid groups (broad SMARTS) is 1. The zero-order valence-electron chi connectivity index (χ0n) is 7.51. The molecule has 2 rings (SSSR count). The Morgan fingerprint density at radius 1 is 1.71 bits per heavy atom. The maximum Gasteiger partial charge on any atom is 0.306 e. The summed E-state index contributed by atoms with van der Waals surface area (Å²) in [6.07, 6.45) is 1.09. The van der Waals surface area contributed by atoms with E-state index in [1.807, 2.05) is 0 Å². The first-order valence-electron chi connectivity index (χ1n) is 4.51. The number of rotatable bonds is 4. The van der Waals surface area contributed by atoms with Crippen LogP contribution in [-0.4, -0.2) is 21.2 Å². The molecule has 0 amide bonds. The molecule has 1 atom stereocenters. The number of aliphatic carboxylic acids is 1. The first-order chi connectivity index (χ1) is 6.68. The van der Waals surface area contributed by atoms with Crippen molar-refractivity contribution >= 4 is 17.3 Å². The lowest BCUT2D eigenvalue weighted by atomic mass is 10.1. The molecule has 5 heteroatoms. The molecule has 1 aromatic rings. The lowest BCUT2D eigenvalue weighted by molar-refractivity contribution is -0.139. The molecule has 1 aromatic heterocycles. The second-order valence-electron chi connectivity index (χ2n) is 3.49. The van der Waals surface area contributed by atoms with Crippen LogP contribution in [0.5, 0.6) is 0 Å². The number of thiazole rings is 1. The first kappa shape index (κ1) is 9.61. The summed E-state index contributed by atoms with van der Waals surface area (Å²) in [6, 6.07) is 0. The predicted octanol–water partition coefficient (Wildman–Crippen LogP) is 1.53. The van der Waals surface area contributed by atoms with E-state index in [0.717, 1.165) is 23.4 Å². The fraction of sp³-hybridized carbons (Fsp3) is 0.556. The van der Waals surface area contributed by atoms with E-state index in [1.165, 1.54) is 11.3 Å². The minimum absolute atomic E-state index is 0.234. The summed E-state index contributed by atoms with van der Waals surface area (Å²) in [5.74, 6) is -0.521. The van der Waals surface area contributed by atoms with Crippen molar-refractivity contribution in [3.05, 3.63) is 16.1 Å². The maximum absolute atomic E-state index is 10.4. The molecular formula is C9H11NO3S. The second-order valence-corrected chi connectivity index (χ2v) is 4.38. The Morgan fingerprint density at radius 2 is 2.43 bits per heavy atom. The molecule has 0 saturated heterocycles. The minimum atomic E-state index is -0.979. The van der Waals surface area contributed by atoms with E-state index in [4.69, 9.17) is 5.11 Å². The van der Waals surface area contributed by atoms with Gasteiger partial charge in [-0.1, -0.05) is 0 Å². The van der Waals surface area contributed by atoms with Crippen LogP contribution < -0.4 is 0 Å². The van der Waals surface area contributed by atoms with Gasteiger partial charge in [0.05, 0.1) is 22.5 Å². The summed E-state index contributed by atoms with van der Waals surface area (Å²) in [7, 11) is 0. The smallest absolute Gasteiger partial charge is 0.306 e. The van der Waals surface area contributed by atoms with Crippen molar-refractivity contribution in [1.29, 1.82) is 0 Å². The zero-order valence-corrected chi connectivity index (χ0v) is 8.33. The van der Waals surface area contributed by atoms with Crippen LogP contribution in [0.25, 0.3) is 0 Å². The quantitative estimate of drug-likeness (QED) is 0.795. The predicted molar refractivity (Wildman–Crippen MR) is 51.3 cm³/mol. The Balaban J connectivity index is 2.13. The van der Waals surface area contributed by atoms with Gasteiger partial charge in [0.25, 0.3) is 0 Å². The molecule has 1 saturated carbocycles. The largest absolute Gasteiger partial charge is 0.481 e. The van der Waals surface area contributed by atoms with Gasteiger partial charge in [-0.2, -0.15) is 0 Å². The highest BCUT2D eigenvalue weighted by Gasteiger charge is 2.30. The molecule has 1 heterocycles. The van der Waals surface area contributed by atoms with Gasteiger partial charge in [0.15, 0.2) is 0 Å². The van der Waals surface area contributed by atoms with Crippen LogP contribution in [0.1, 0.15) is 41.9 Å². The number of aliphatic hydroxyl groups is 1. The third-order valence-corrected chi connectivity index (χ3v) is 3.20. The van der Waals surface area contributed by atoms with Gasteiger partial charge in [0.1, 0.15) is 6.10 Å². The van der Waals surface area contributed by atoms with E-state index in [-0.39, 0.29) is 6.42 Å². The van der Waals surface area contributed by atoms with Gasteiger partial charge in [0.2, 0.25) is 0 Å². The summed E-state index contributed by atoms with van der Waals surface area (Å²) in [5.41, 5.74) is 2.58. The standard InChI is InChI=1S/C9H11NO3S/c11-6(3-7(12)13)9-8(5-1-2-5)10-4-14-9/h4-6,11H,1-3H2,(H,12,13)/t6-/m0/s1. The Morgan fingerprint density at radius 3 is 3.00 bits per heavy atom. The Bertz CT molecular complexity index is 346. The Labute approximate surface area is 85.2 Å². The van der Waals surface area contributed by atoms with Crippen LogP contribution in [0.2, 0.25) is 0 Å². The molecule has 0 spiro atoms. The molecular weight excluding hydrogens is 202 g/mol. The van der Waals surface area contributed by atoms with Crippen LogP contribution in [0, 0.1) is 0 Å². The average molecular weight is 213 g/mol. The molecule has 0 aliphatic heterocycles. The van der Waals surface area contributed by atoms with Crippen molar-refractivity contribution < 1.29 is 15.0 Å². The highest BCUT2D eigenvalue weighted by Crippen LogP contribution is 2.43. The molecule has 1 fully saturated rings. The SMILES string of the molecule is O=C(O)C[C@H](O)c1scnc1C1CC1. The Kier molecular flexibility index (Phi) is 2.52. The Hall–Kier alpha value is -0.940. The number of carbonyl (C=O) groups is 1. The van der Waals surface area contributed by atoms with Crippen molar-refractivity contribution in [3.63, 3.8) is 0 Å². The number of aromatic nitrogens is 1. The fourth-order valence-electron chi connectivity index (χ4n) is 1.43. The molecule has 0 unspecified atom stereocenters. The van der Waals surface area contributed by atoms with Gasteiger partial charge in [-0.05, 0) is 12.8 Å². The normalized spacial score (nSPS) is 18.1. The van der Waals surface area contributed by atoms with Crippen molar-refractivity contribution in [1.82, 2.24) is 4.98 Å². The number of carboxylic acids is 1. The molecule has 2 N–H and O–H groups in total. The highest BCUT2D eigenvalue weighted by atomic mass is 32.1. The molecule has 4 nitrogen and oxygen atoms in total. The lowest BCUT2D eigenvalue weighted by Gasteiger charge is -2.06. The van der Waals surface area contributed by atoms with Crippen molar-refractivity contribution in [2.45, 2.75) is 31.3 Å². The number of aliphatic hydroxyl groups excluding tert-OH is 1. The van der Waals surface area contributed by atoms with E-state index in [0.29, 0.717) is 5.92 Å². The van der Waals surface area contributed by atoms with Crippen molar-refractivity contribution in [2.75, 3.05) is 0 Å². The second kappa shape index (κ2) is 3.67. The molecule has 1 aliphatic rings. The molecule has 0 radical (unpaired) electrons. The maximum atomic E-state index is 10.4. The lowest BCUT2D eigenvalue weighted by Crippen LogP contribution is -2.05. The number of hydrogen-bond donors (Lipinski definition) is 2. The number of hydrogen-bond acceptors (Lipinski definition) is 4. The van der Waals surface area contributed by atoms with Gasteiger partial charge >= 0.3 is 5.97 Å². The van der Waals surface area contributed by atoms with E-state index >= 15 is 0 Å². The highest BCUT2D eigenvalue weighted by molar-refractivity contribution is 7.09. The third kappa shape index (κ3) is 1.93. The fourth-order valence-corrected chi connectivity index (χ4v) is 2.29. The zero-order chi connectivity index (χ0) is 10.1. The molecule has 14 heavy (non-hydrogen) atoms. The monoisotopic (exact) mass is 213 g/mol.